The quantitative estimate of drug-likeness (QED) is 0.113. The van der Waals surface area contributed by atoms with Gasteiger partial charge in [0.15, 0.2) is 0 Å². The minimum absolute atomic E-state index is 0.203. The van der Waals surface area contributed by atoms with E-state index in [1.807, 2.05) is 0 Å². The maximum absolute atomic E-state index is 12.2. The first-order chi connectivity index (χ1) is 25.2. The van der Waals surface area contributed by atoms with Crippen molar-refractivity contribution in [3.63, 3.8) is 0 Å². The highest BCUT2D eigenvalue weighted by atomic mass is 16.7. The molecule has 276 valence electrons. The molecule has 0 radical (unpaired) electrons. The van der Waals surface area contributed by atoms with Crippen LogP contribution in [-0.2, 0) is 0 Å². The van der Waals surface area contributed by atoms with Crippen LogP contribution in [0.4, 0.5) is 45.5 Å². The Labute approximate surface area is 292 Å². The molecule has 4 aromatic carbocycles. The van der Waals surface area contributed by atoms with E-state index in [9.17, 15) is 80.9 Å². The van der Waals surface area contributed by atoms with E-state index in [0.717, 1.165) is 13.8 Å². The van der Waals surface area contributed by atoms with E-state index in [2.05, 4.69) is 0 Å². The van der Waals surface area contributed by atoms with Crippen molar-refractivity contribution in [3.8, 4) is 46.0 Å². The Morgan fingerprint density at radius 3 is 0.667 bits per heavy atom. The number of ether oxygens (including phenoxy) is 4. The average Bonchev–Trinajstić information content (AvgIpc) is 3.03. The van der Waals surface area contributed by atoms with Gasteiger partial charge in [0.2, 0.25) is 46.0 Å². The molecule has 0 saturated carbocycles. The predicted octanol–water partition coefficient (Wildman–Crippen LogP) is 7.05. The molecule has 54 heavy (non-hydrogen) atoms. The topological polar surface area (TPSA) is 382 Å². The maximum Gasteiger partial charge on any atom is 0.321 e. The molecule has 0 fully saturated rings. The molecule has 28 heteroatoms. The number of nitro groups is 8. The van der Waals surface area contributed by atoms with Gasteiger partial charge in [0.1, 0.15) is 23.3 Å². The van der Waals surface area contributed by atoms with Crippen molar-refractivity contribution in [2.24, 2.45) is 0 Å². The van der Waals surface area contributed by atoms with Crippen LogP contribution in [0.5, 0.6) is 46.0 Å². The molecule has 0 spiro atoms. The molecule has 4 aromatic rings. The number of rotatable bonds is 8. The Hall–Kier alpha value is -8.72. The molecular formula is C26H12N8O20. The third kappa shape index (κ3) is 6.25. The highest BCUT2D eigenvalue weighted by Crippen LogP contribution is 2.53. The summed E-state index contributed by atoms with van der Waals surface area (Å²) in [6, 6.07) is 1.87. The fourth-order valence-corrected chi connectivity index (χ4v) is 5.14. The van der Waals surface area contributed by atoms with Crippen molar-refractivity contribution < 1.29 is 58.3 Å². The summed E-state index contributed by atoms with van der Waals surface area (Å²) in [6.07, 6.45) is 0. The van der Waals surface area contributed by atoms with Crippen LogP contribution in [0.25, 0.3) is 0 Å². The van der Waals surface area contributed by atoms with Crippen molar-refractivity contribution in [2.75, 3.05) is 0 Å². The zero-order chi connectivity index (χ0) is 40.1. The lowest BCUT2D eigenvalue weighted by Gasteiger charge is -2.16. The summed E-state index contributed by atoms with van der Waals surface area (Å²) >= 11 is 0. The second-order valence-corrected chi connectivity index (χ2v) is 10.4. The third-order valence-corrected chi connectivity index (χ3v) is 7.36. The zero-order valence-corrected chi connectivity index (χ0v) is 26.2. The van der Waals surface area contributed by atoms with Gasteiger partial charge < -0.3 is 18.9 Å². The van der Waals surface area contributed by atoms with Gasteiger partial charge in [0, 0.05) is 24.3 Å². The van der Waals surface area contributed by atoms with Gasteiger partial charge >= 0.3 is 45.5 Å². The van der Waals surface area contributed by atoms with E-state index < -0.39 is 142 Å². The van der Waals surface area contributed by atoms with Crippen molar-refractivity contribution >= 4 is 45.5 Å². The van der Waals surface area contributed by atoms with E-state index in [4.69, 9.17) is 18.9 Å². The first-order valence-corrected chi connectivity index (χ1v) is 13.8. The first kappa shape index (κ1) is 36.6. The van der Waals surface area contributed by atoms with Gasteiger partial charge in [-0.25, -0.2) is 0 Å². The monoisotopic (exact) mass is 756 g/mol. The number of hydrogen-bond donors (Lipinski definition) is 0. The van der Waals surface area contributed by atoms with Crippen LogP contribution in [0.1, 0.15) is 11.1 Å². The molecule has 0 amide bonds. The van der Waals surface area contributed by atoms with Crippen molar-refractivity contribution in [2.45, 2.75) is 13.8 Å². The van der Waals surface area contributed by atoms with Gasteiger partial charge in [0.25, 0.3) is 0 Å². The fraction of sp³-hybridized carbons (Fsp3) is 0.0769. The van der Waals surface area contributed by atoms with Gasteiger partial charge in [-0.3, -0.25) is 80.9 Å². The molecule has 0 saturated heterocycles. The van der Waals surface area contributed by atoms with Crippen LogP contribution >= 0.6 is 0 Å². The van der Waals surface area contributed by atoms with Gasteiger partial charge in [-0.2, -0.15) is 0 Å². The Morgan fingerprint density at radius 1 is 0.315 bits per heavy atom. The van der Waals surface area contributed by atoms with Crippen molar-refractivity contribution in [1.29, 1.82) is 0 Å². The Balaban J connectivity index is 2.02. The number of benzene rings is 4. The van der Waals surface area contributed by atoms with Crippen LogP contribution in [0.2, 0.25) is 0 Å². The van der Waals surface area contributed by atoms with Crippen LogP contribution in [0, 0.1) is 94.8 Å². The SMILES string of the molecule is Cc1c([N+](=O)[O-])c2cc(c1[N+](=O)[O-])Oc1cc(c([N+](=O)[O-])cc1[N+](=O)[O-])Oc1cc(c([N+](=O)[O-])c(C)c1[N+](=O)[O-])Oc1cc(c([N+](=O)[O-])cc1[N+](=O)[O-])O2. The molecule has 8 bridgehead atoms. The predicted molar refractivity (Wildman–Crippen MR) is 169 cm³/mol. The molecule has 0 N–H and O–H groups in total. The van der Waals surface area contributed by atoms with E-state index in [1.165, 1.54) is 0 Å². The molecule has 5 rings (SSSR count). The lowest BCUT2D eigenvalue weighted by atomic mass is 10.1. The largest absolute Gasteiger partial charge is 0.443 e. The second kappa shape index (κ2) is 13.2. The van der Waals surface area contributed by atoms with Crippen LogP contribution in [0.15, 0.2) is 36.4 Å². The number of nitro benzene ring substituents is 8. The molecule has 0 aromatic heterocycles. The summed E-state index contributed by atoms with van der Waals surface area (Å²) in [5.41, 5.74) is -12.0. The molecule has 0 atom stereocenters. The fourth-order valence-electron chi connectivity index (χ4n) is 5.14. The number of hydrogen-bond acceptors (Lipinski definition) is 20. The molecule has 1 aliphatic heterocycles. The Kier molecular flexibility index (Phi) is 8.93. The van der Waals surface area contributed by atoms with Gasteiger partial charge in [0.05, 0.1) is 39.4 Å². The van der Waals surface area contributed by atoms with Crippen LogP contribution in [-0.4, -0.2) is 39.4 Å². The number of nitrogens with zero attached hydrogens (tertiary/aromatic N) is 8. The molecule has 28 nitrogen and oxygen atoms in total. The highest BCUT2D eigenvalue weighted by Gasteiger charge is 2.39. The Bertz CT molecular complexity index is 2150. The van der Waals surface area contributed by atoms with Gasteiger partial charge in [-0.15, -0.1) is 0 Å². The summed E-state index contributed by atoms with van der Waals surface area (Å²) < 4.78 is 21.7. The second-order valence-electron chi connectivity index (χ2n) is 10.4. The van der Waals surface area contributed by atoms with E-state index >= 15 is 0 Å². The first-order valence-electron chi connectivity index (χ1n) is 13.8. The molecule has 1 heterocycles. The van der Waals surface area contributed by atoms with E-state index in [-0.39, 0.29) is 12.1 Å². The summed E-state index contributed by atoms with van der Waals surface area (Å²) in [6.45, 7) is 1.55. The van der Waals surface area contributed by atoms with Gasteiger partial charge in [-0.1, -0.05) is 0 Å². The van der Waals surface area contributed by atoms with Gasteiger partial charge in [-0.05, 0) is 13.8 Å². The summed E-state index contributed by atoms with van der Waals surface area (Å²) in [5, 5.41) is 96.9. The average molecular weight is 756 g/mol. The lowest BCUT2D eigenvalue weighted by Crippen LogP contribution is -2.06. The van der Waals surface area contributed by atoms with Crippen LogP contribution in [0.3, 0.4) is 0 Å². The summed E-state index contributed by atoms with van der Waals surface area (Å²) in [4.78, 5) is 86.9. The van der Waals surface area contributed by atoms with Crippen LogP contribution < -0.4 is 18.9 Å². The number of fused-ring (bicyclic) bond motifs is 8. The Morgan fingerprint density at radius 2 is 0.500 bits per heavy atom. The normalized spacial score (nSPS) is 11.4. The smallest absolute Gasteiger partial charge is 0.321 e. The zero-order valence-electron chi connectivity index (χ0n) is 26.2. The minimum atomic E-state index is -1.29. The van der Waals surface area contributed by atoms with Crippen molar-refractivity contribution in [3.05, 3.63) is 128 Å². The summed E-state index contributed by atoms with van der Waals surface area (Å²) in [5.74, 6) is -8.98. The lowest BCUT2D eigenvalue weighted by molar-refractivity contribution is -0.397. The summed E-state index contributed by atoms with van der Waals surface area (Å²) in [7, 11) is 0. The van der Waals surface area contributed by atoms with E-state index in [1.54, 1.807) is 0 Å². The highest BCUT2D eigenvalue weighted by molar-refractivity contribution is 5.74. The standard InChI is InChI=1S/C26H12N8O20/c1-9-23(31(43)44)19-7-20(24(9)32(45)46)52-16-6-18(14(30(41)42)4-12(16)28(37)38)54-22-8-21(25(33(47)48)10(2)26(22)34(49)50)53-17-5-15(51-19)11(27(35)36)3-13(17)29(39)40/h3-8H,1-2H3. The van der Waals surface area contributed by atoms with E-state index in [0.29, 0.717) is 24.3 Å². The molecule has 1 aliphatic rings. The molecule has 0 unspecified atom stereocenters. The van der Waals surface area contributed by atoms with Crippen molar-refractivity contribution in [1.82, 2.24) is 0 Å². The molecule has 0 aliphatic carbocycles. The maximum atomic E-state index is 12.2. The molecular weight excluding hydrogens is 744 g/mol. The third-order valence-electron chi connectivity index (χ3n) is 7.36. The minimum Gasteiger partial charge on any atom is -0.443 e.